The Bertz CT molecular complexity index is 714. The summed E-state index contributed by atoms with van der Waals surface area (Å²) >= 11 is 2.08. The van der Waals surface area contributed by atoms with E-state index in [0.29, 0.717) is 0 Å². The highest BCUT2D eigenvalue weighted by molar-refractivity contribution is 7.99. The van der Waals surface area contributed by atoms with Crippen LogP contribution in [-0.2, 0) is 4.74 Å². The molecule has 5 nitrogen and oxygen atoms in total. The summed E-state index contributed by atoms with van der Waals surface area (Å²) < 4.78 is 5.61. The fourth-order valence-electron chi connectivity index (χ4n) is 4.69. The van der Waals surface area contributed by atoms with E-state index in [9.17, 15) is 0 Å². The maximum Gasteiger partial charge on any atom is 0.194 e. The van der Waals surface area contributed by atoms with Gasteiger partial charge in [0, 0.05) is 38.5 Å². The number of hydrogen-bond donors (Lipinski definition) is 1. The molecule has 1 unspecified atom stereocenters. The zero-order chi connectivity index (χ0) is 20.7. The molecule has 0 radical (unpaired) electrons. The maximum atomic E-state index is 5.61. The van der Waals surface area contributed by atoms with Crippen molar-refractivity contribution in [1.82, 2.24) is 15.1 Å². The average Bonchev–Trinajstić information content (AvgIpc) is 3.29. The van der Waals surface area contributed by atoms with Gasteiger partial charge in [-0.05, 0) is 37.5 Å². The van der Waals surface area contributed by atoms with Gasteiger partial charge in [-0.15, -0.1) is 0 Å². The molecular weight excluding hydrogens is 392 g/mol. The Hall–Kier alpha value is -1.50. The standard InChI is InChI=1S/C24H36N4OS/c1-2-25-23(26-19-24(10-17-30-20-24)28-13-15-29-16-14-28)27-11-8-22(9-12-27)18-21-6-4-3-5-7-21/h3-7,18H,2,8-17,19-20H2,1H3,(H,25,26). The molecule has 1 atom stereocenters. The number of nitrogens with one attached hydrogen (secondary N) is 1. The number of rotatable bonds is 5. The molecule has 0 aromatic heterocycles. The SMILES string of the molecule is CCNC(=NCC1(N2CCOCC2)CCSC1)N1CCC(=Cc2ccccc2)CC1. The Morgan fingerprint density at radius 3 is 2.60 bits per heavy atom. The van der Waals surface area contributed by atoms with Gasteiger partial charge in [-0.2, -0.15) is 11.8 Å². The highest BCUT2D eigenvalue weighted by atomic mass is 32.2. The van der Waals surface area contributed by atoms with Crippen molar-refractivity contribution < 1.29 is 4.74 Å². The van der Waals surface area contributed by atoms with Gasteiger partial charge in [0.15, 0.2) is 5.96 Å². The molecule has 1 aromatic carbocycles. The number of hydrogen-bond acceptors (Lipinski definition) is 4. The molecule has 164 valence electrons. The normalized spacial score (nSPS) is 26.1. The molecule has 30 heavy (non-hydrogen) atoms. The van der Waals surface area contributed by atoms with Gasteiger partial charge in [-0.1, -0.05) is 42.0 Å². The van der Waals surface area contributed by atoms with Crippen LogP contribution in [0.2, 0.25) is 0 Å². The molecule has 3 aliphatic heterocycles. The minimum atomic E-state index is 0.212. The maximum absolute atomic E-state index is 5.61. The van der Waals surface area contributed by atoms with E-state index in [1.54, 1.807) is 5.57 Å². The molecule has 0 spiro atoms. The highest BCUT2D eigenvalue weighted by Crippen LogP contribution is 2.34. The lowest BCUT2D eigenvalue weighted by molar-refractivity contribution is -0.0105. The van der Waals surface area contributed by atoms with Gasteiger partial charge in [0.05, 0.1) is 25.3 Å². The molecule has 3 heterocycles. The van der Waals surface area contributed by atoms with E-state index in [1.165, 1.54) is 23.5 Å². The minimum Gasteiger partial charge on any atom is -0.379 e. The third-order valence-electron chi connectivity index (χ3n) is 6.50. The van der Waals surface area contributed by atoms with E-state index in [0.717, 1.165) is 71.3 Å². The van der Waals surface area contributed by atoms with Crippen molar-refractivity contribution in [2.24, 2.45) is 4.99 Å². The number of likely N-dealkylation sites (tertiary alicyclic amines) is 1. The summed E-state index contributed by atoms with van der Waals surface area (Å²) in [5, 5.41) is 3.57. The van der Waals surface area contributed by atoms with Crippen molar-refractivity contribution >= 4 is 23.8 Å². The highest BCUT2D eigenvalue weighted by Gasteiger charge is 2.40. The van der Waals surface area contributed by atoms with E-state index < -0.39 is 0 Å². The monoisotopic (exact) mass is 428 g/mol. The smallest absolute Gasteiger partial charge is 0.194 e. The quantitative estimate of drug-likeness (QED) is 0.575. The summed E-state index contributed by atoms with van der Waals surface area (Å²) in [4.78, 5) is 10.3. The summed E-state index contributed by atoms with van der Waals surface area (Å²) in [6, 6.07) is 10.7. The predicted octanol–water partition coefficient (Wildman–Crippen LogP) is 3.34. The van der Waals surface area contributed by atoms with E-state index in [2.05, 4.69) is 70.2 Å². The van der Waals surface area contributed by atoms with Crippen LogP contribution in [-0.4, -0.2) is 85.3 Å². The zero-order valence-electron chi connectivity index (χ0n) is 18.3. The molecule has 3 saturated heterocycles. The third-order valence-corrected chi connectivity index (χ3v) is 7.73. The van der Waals surface area contributed by atoms with Crippen LogP contribution in [0.25, 0.3) is 6.08 Å². The van der Waals surface area contributed by atoms with Crippen LogP contribution in [0.1, 0.15) is 31.7 Å². The van der Waals surface area contributed by atoms with Gasteiger partial charge in [0.25, 0.3) is 0 Å². The number of ether oxygens (including phenoxy) is 1. The fraction of sp³-hybridized carbons (Fsp3) is 0.625. The molecular formula is C24H36N4OS. The van der Waals surface area contributed by atoms with Crippen LogP contribution in [0.15, 0.2) is 40.9 Å². The lowest BCUT2D eigenvalue weighted by Crippen LogP contribution is -2.56. The van der Waals surface area contributed by atoms with Crippen molar-refractivity contribution in [2.75, 3.05) is 64.0 Å². The topological polar surface area (TPSA) is 40.1 Å². The Labute approximate surface area is 185 Å². The number of piperidine rings is 1. The van der Waals surface area contributed by atoms with Gasteiger partial charge in [-0.3, -0.25) is 9.89 Å². The second-order valence-electron chi connectivity index (χ2n) is 8.50. The van der Waals surface area contributed by atoms with Crippen molar-refractivity contribution in [1.29, 1.82) is 0 Å². The second-order valence-corrected chi connectivity index (χ2v) is 9.60. The number of thioether (sulfide) groups is 1. The molecule has 0 aliphatic carbocycles. The van der Waals surface area contributed by atoms with Gasteiger partial charge < -0.3 is 15.0 Å². The average molecular weight is 429 g/mol. The largest absolute Gasteiger partial charge is 0.379 e. The van der Waals surface area contributed by atoms with E-state index in [-0.39, 0.29) is 5.54 Å². The number of guanidine groups is 1. The first-order valence-electron chi connectivity index (χ1n) is 11.5. The summed E-state index contributed by atoms with van der Waals surface area (Å²) in [5.41, 5.74) is 3.07. The number of nitrogens with zero attached hydrogens (tertiary/aromatic N) is 3. The molecule has 0 saturated carbocycles. The first kappa shape index (κ1) is 21.7. The van der Waals surface area contributed by atoms with Crippen molar-refractivity contribution in [2.45, 2.75) is 31.7 Å². The second kappa shape index (κ2) is 10.7. The van der Waals surface area contributed by atoms with Crippen LogP contribution >= 0.6 is 11.8 Å². The van der Waals surface area contributed by atoms with Crippen LogP contribution in [0.4, 0.5) is 0 Å². The van der Waals surface area contributed by atoms with Crippen molar-refractivity contribution in [3.63, 3.8) is 0 Å². The molecule has 3 fully saturated rings. The summed E-state index contributed by atoms with van der Waals surface area (Å²) in [6.07, 6.45) is 5.84. The number of aliphatic imine (C=N–C) groups is 1. The first-order valence-corrected chi connectivity index (χ1v) is 12.6. The Morgan fingerprint density at radius 1 is 1.17 bits per heavy atom. The molecule has 4 rings (SSSR count). The van der Waals surface area contributed by atoms with Crippen LogP contribution in [0, 0.1) is 0 Å². The van der Waals surface area contributed by atoms with Crippen LogP contribution in [0.5, 0.6) is 0 Å². The predicted molar refractivity (Wildman–Crippen MR) is 128 cm³/mol. The molecule has 6 heteroatoms. The third kappa shape index (κ3) is 5.40. The molecule has 0 amide bonds. The molecule has 1 aromatic rings. The van der Waals surface area contributed by atoms with Gasteiger partial charge in [0.1, 0.15) is 0 Å². The number of morpholine rings is 1. The number of benzene rings is 1. The van der Waals surface area contributed by atoms with Crippen molar-refractivity contribution in [3.05, 3.63) is 41.5 Å². The Balaban J connectivity index is 1.40. The van der Waals surface area contributed by atoms with E-state index in [4.69, 9.17) is 9.73 Å². The lowest BCUT2D eigenvalue weighted by Gasteiger charge is -2.42. The van der Waals surface area contributed by atoms with E-state index >= 15 is 0 Å². The minimum absolute atomic E-state index is 0.212. The Morgan fingerprint density at radius 2 is 1.93 bits per heavy atom. The summed E-state index contributed by atoms with van der Waals surface area (Å²) in [6.45, 7) is 9.88. The van der Waals surface area contributed by atoms with Gasteiger partial charge >= 0.3 is 0 Å². The van der Waals surface area contributed by atoms with Gasteiger partial charge in [0.2, 0.25) is 0 Å². The van der Waals surface area contributed by atoms with E-state index in [1.807, 2.05) is 0 Å². The molecule has 1 N–H and O–H groups in total. The van der Waals surface area contributed by atoms with Gasteiger partial charge in [-0.25, -0.2) is 0 Å². The first-order chi connectivity index (χ1) is 14.8. The Kier molecular flexibility index (Phi) is 7.74. The summed E-state index contributed by atoms with van der Waals surface area (Å²) in [7, 11) is 0. The molecule has 0 bridgehead atoms. The summed E-state index contributed by atoms with van der Waals surface area (Å²) in [5.74, 6) is 3.54. The fourth-order valence-corrected chi connectivity index (χ4v) is 6.16. The van der Waals surface area contributed by atoms with Crippen molar-refractivity contribution in [3.8, 4) is 0 Å². The lowest BCUT2D eigenvalue weighted by atomic mass is 9.96. The molecule has 3 aliphatic rings. The van der Waals surface area contributed by atoms with Crippen LogP contribution in [0.3, 0.4) is 0 Å². The van der Waals surface area contributed by atoms with Crippen LogP contribution < -0.4 is 5.32 Å². The zero-order valence-corrected chi connectivity index (χ0v) is 19.1.